The minimum absolute atomic E-state index is 0.00460. The lowest BCUT2D eigenvalue weighted by Gasteiger charge is -2.19. The number of likely N-dealkylation sites (N-methyl/N-ethyl adjacent to an activating group) is 1. The molecule has 0 saturated carbocycles. The zero-order valence-electron chi connectivity index (χ0n) is 11.9. The lowest BCUT2D eigenvalue weighted by molar-refractivity contribution is 0.0993. The van der Waals surface area contributed by atoms with Gasteiger partial charge in [0.15, 0.2) is 5.78 Å². The van der Waals surface area contributed by atoms with Crippen molar-refractivity contribution in [3.05, 3.63) is 10.4 Å². The van der Waals surface area contributed by atoms with E-state index in [1.54, 1.807) is 6.92 Å². The predicted octanol–water partition coefficient (Wildman–Crippen LogP) is 2.30. The van der Waals surface area contributed by atoms with Crippen LogP contribution in [0.5, 0.6) is 0 Å². The van der Waals surface area contributed by atoms with Crippen LogP contribution in [0.4, 0.5) is 10.7 Å². The Hall–Kier alpha value is -1.58. The minimum Gasteiger partial charge on any atom is -0.396 e. The van der Waals surface area contributed by atoms with E-state index in [9.17, 15) is 10.1 Å². The van der Waals surface area contributed by atoms with E-state index in [0.29, 0.717) is 28.6 Å². The van der Waals surface area contributed by atoms with Crippen LogP contribution in [0, 0.1) is 11.3 Å². The van der Waals surface area contributed by atoms with Crippen molar-refractivity contribution in [1.82, 2.24) is 4.90 Å². The fourth-order valence-electron chi connectivity index (χ4n) is 2.49. The maximum atomic E-state index is 11.8. The highest BCUT2D eigenvalue weighted by Crippen LogP contribution is 2.36. The highest BCUT2D eigenvalue weighted by Gasteiger charge is 2.23. The number of rotatable bonds is 5. The molecule has 1 aromatic rings. The van der Waals surface area contributed by atoms with E-state index in [4.69, 9.17) is 5.73 Å². The van der Waals surface area contributed by atoms with Crippen LogP contribution in [0.3, 0.4) is 0 Å². The summed E-state index contributed by atoms with van der Waals surface area (Å²) < 4.78 is 0. The molecule has 0 bridgehead atoms. The van der Waals surface area contributed by atoms with Crippen molar-refractivity contribution < 1.29 is 4.79 Å². The summed E-state index contributed by atoms with van der Waals surface area (Å²) in [5.74, 6) is -0.00460. The van der Waals surface area contributed by atoms with Crippen molar-refractivity contribution >= 4 is 27.8 Å². The van der Waals surface area contributed by atoms with Gasteiger partial charge in [-0.1, -0.05) is 6.92 Å². The first kappa shape index (κ1) is 14.8. The summed E-state index contributed by atoms with van der Waals surface area (Å²) >= 11 is 1.30. The van der Waals surface area contributed by atoms with Crippen LogP contribution < -0.4 is 11.1 Å². The molecule has 0 aromatic carbocycles. The summed E-state index contributed by atoms with van der Waals surface area (Å²) in [6.45, 7) is 3.70. The molecule has 1 aliphatic rings. The average molecular weight is 292 g/mol. The van der Waals surface area contributed by atoms with Crippen LogP contribution in [-0.4, -0.2) is 36.9 Å². The topological polar surface area (TPSA) is 82.2 Å². The van der Waals surface area contributed by atoms with Gasteiger partial charge in [0.05, 0.1) is 10.6 Å². The molecule has 2 heterocycles. The normalized spacial score (nSPS) is 18.9. The van der Waals surface area contributed by atoms with Crippen LogP contribution >= 0.6 is 11.3 Å². The largest absolute Gasteiger partial charge is 0.396 e. The Labute approximate surface area is 123 Å². The zero-order chi connectivity index (χ0) is 14.7. The number of thiophene rings is 1. The van der Waals surface area contributed by atoms with Gasteiger partial charge in [0, 0.05) is 19.0 Å². The molecule has 1 atom stereocenters. The number of Topliss-reactive ketones (excluding diaryl/α,β-unsaturated/α-hetero) is 1. The van der Waals surface area contributed by atoms with Gasteiger partial charge in [-0.15, -0.1) is 11.3 Å². The van der Waals surface area contributed by atoms with Crippen molar-refractivity contribution in [2.45, 2.75) is 32.2 Å². The Morgan fingerprint density at radius 1 is 1.65 bits per heavy atom. The van der Waals surface area contributed by atoms with Crippen LogP contribution in [0.2, 0.25) is 0 Å². The zero-order valence-corrected chi connectivity index (χ0v) is 12.7. The smallest absolute Gasteiger partial charge is 0.174 e. The highest BCUT2D eigenvalue weighted by molar-refractivity contribution is 7.19. The molecule has 0 aliphatic carbocycles. The molecule has 108 valence electrons. The number of nitrogens with zero attached hydrogens (tertiary/aromatic N) is 2. The Morgan fingerprint density at radius 2 is 2.40 bits per heavy atom. The number of likely N-dealkylation sites (tertiary alicyclic amines) is 1. The van der Waals surface area contributed by atoms with Crippen LogP contribution in [0.15, 0.2) is 0 Å². The number of hydrogen-bond acceptors (Lipinski definition) is 6. The molecule has 0 spiro atoms. The van der Waals surface area contributed by atoms with Crippen molar-refractivity contribution in [1.29, 1.82) is 5.26 Å². The SMILES string of the molecule is CCC(=O)c1sc(NCC2CCCN2C)c(C#N)c1N. The quantitative estimate of drug-likeness (QED) is 0.814. The van der Waals surface area contributed by atoms with E-state index >= 15 is 0 Å². The molecule has 1 aromatic heterocycles. The third kappa shape index (κ3) is 2.79. The lowest BCUT2D eigenvalue weighted by Crippen LogP contribution is -2.31. The first-order valence-corrected chi connectivity index (χ1v) is 7.69. The van der Waals surface area contributed by atoms with Gasteiger partial charge in [-0.05, 0) is 26.4 Å². The molecule has 3 N–H and O–H groups in total. The second-order valence-corrected chi connectivity index (χ2v) is 6.12. The van der Waals surface area contributed by atoms with Crippen molar-refractivity contribution in [2.24, 2.45) is 0 Å². The standard InChI is InChI=1S/C14H20N4OS/c1-3-11(19)13-12(16)10(7-15)14(20-13)17-8-9-5-4-6-18(9)2/h9,17H,3-6,8,16H2,1-2H3. The average Bonchev–Trinajstić information content (AvgIpc) is 2.99. The Morgan fingerprint density at radius 3 is 2.95 bits per heavy atom. The molecule has 0 amide bonds. The molecule has 1 fully saturated rings. The maximum Gasteiger partial charge on any atom is 0.174 e. The molecule has 20 heavy (non-hydrogen) atoms. The van der Waals surface area contributed by atoms with Gasteiger partial charge in [-0.3, -0.25) is 4.79 Å². The molecule has 2 rings (SSSR count). The van der Waals surface area contributed by atoms with E-state index in [0.717, 1.165) is 24.5 Å². The predicted molar refractivity (Wildman–Crippen MR) is 82.2 cm³/mol. The van der Waals surface area contributed by atoms with Gasteiger partial charge in [0.2, 0.25) is 0 Å². The first-order valence-electron chi connectivity index (χ1n) is 6.88. The lowest BCUT2D eigenvalue weighted by atomic mass is 10.2. The summed E-state index contributed by atoms with van der Waals surface area (Å²) in [7, 11) is 2.11. The molecule has 6 heteroatoms. The van der Waals surface area contributed by atoms with E-state index in [-0.39, 0.29) is 5.78 Å². The number of anilines is 2. The van der Waals surface area contributed by atoms with Crippen molar-refractivity contribution in [3.63, 3.8) is 0 Å². The van der Waals surface area contributed by atoms with E-state index in [1.807, 2.05) is 0 Å². The number of carbonyl (C=O) groups is 1. The Bertz CT molecular complexity index is 546. The summed E-state index contributed by atoms with van der Waals surface area (Å²) in [4.78, 5) is 14.6. The highest BCUT2D eigenvalue weighted by atomic mass is 32.1. The molecular weight excluding hydrogens is 272 g/mol. The van der Waals surface area contributed by atoms with Crippen LogP contribution in [0.1, 0.15) is 41.4 Å². The second kappa shape index (κ2) is 6.25. The molecule has 0 radical (unpaired) electrons. The Kier molecular flexibility index (Phi) is 4.63. The van der Waals surface area contributed by atoms with Crippen LogP contribution in [0.25, 0.3) is 0 Å². The number of nitrogens with one attached hydrogen (secondary N) is 1. The first-order chi connectivity index (χ1) is 9.58. The van der Waals surface area contributed by atoms with Gasteiger partial charge in [-0.2, -0.15) is 5.26 Å². The third-order valence-corrected chi connectivity index (χ3v) is 5.01. The molecule has 1 aliphatic heterocycles. The fraction of sp³-hybridized carbons (Fsp3) is 0.571. The number of ketones is 1. The van der Waals surface area contributed by atoms with Gasteiger partial charge >= 0.3 is 0 Å². The number of hydrogen-bond donors (Lipinski definition) is 2. The fourth-order valence-corrected chi connectivity index (χ4v) is 3.58. The number of carbonyl (C=O) groups excluding carboxylic acids is 1. The van der Waals surface area contributed by atoms with Crippen molar-refractivity contribution in [2.75, 3.05) is 31.2 Å². The van der Waals surface area contributed by atoms with Gasteiger partial charge in [0.1, 0.15) is 16.6 Å². The summed E-state index contributed by atoms with van der Waals surface area (Å²) in [5, 5.41) is 13.2. The summed E-state index contributed by atoms with van der Waals surface area (Å²) in [6, 6.07) is 2.59. The van der Waals surface area contributed by atoms with Gasteiger partial charge in [-0.25, -0.2) is 0 Å². The number of nitrogen functional groups attached to an aromatic ring is 1. The molecular formula is C14H20N4OS. The summed E-state index contributed by atoms with van der Waals surface area (Å²) in [5.41, 5.74) is 6.65. The molecule has 5 nitrogen and oxygen atoms in total. The van der Waals surface area contributed by atoms with E-state index < -0.39 is 0 Å². The molecule has 1 saturated heterocycles. The maximum absolute atomic E-state index is 11.8. The molecule has 1 unspecified atom stereocenters. The van der Waals surface area contributed by atoms with Gasteiger partial charge < -0.3 is 16.0 Å². The second-order valence-electron chi connectivity index (χ2n) is 5.10. The Balaban J connectivity index is 2.15. The van der Waals surface area contributed by atoms with E-state index in [2.05, 4.69) is 23.3 Å². The van der Waals surface area contributed by atoms with Crippen LogP contribution in [-0.2, 0) is 0 Å². The third-order valence-electron chi connectivity index (χ3n) is 3.80. The van der Waals surface area contributed by atoms with Gasteiger partial charge in [0.25, 0.3) is 0 Å². The van der Waals surface area contributed by atoms with E-state index in [1.165, 1.54) is 17.8 Å². The number of nitrogens with two attached hydrogens (primary N) is 1. The number of nitriles is 1. The summed E-state index contributed by atoms with van der Waals surface area (Å²) in [6.07, 6.45) is 2.77. The minimum atomic E-state index is -0.00460. The van der Waals surface area contributed by atoms with Crippen molar-refractivity contribution in [3.8, 4) is 6.07 Å². The monoisotopic (exact) mass is 292 g/mol.